The van der Waals surface area contributed by atoms with E-state index in [1.165, 1.54) is 12.1 Å². The smallest absolute Gasteiger partial charge is 0.270 e. The molecule has 0 saturated heterocycles. The Labute approximate surface area is 166 Å². The van der Waals surface area contributed by atoms with Gasteiger partial charge in [0.1, 0.15) is 0 Å². The van der Waals surface area contributed by atoms with Crippen molar-refractivity contribution < 1.29 is 14.4 Å². The van der Waals surface area contributed by atoms with Crippen molar-refractivity contribution in [3.05, 3.63) is 62.1 Å². The molecule has 0 N–H and O–H groups in total. The minimum atomic E-state index is -0.487. The molecule has 0 aliphatic rings. The standard InChI is InChI=1S/C20H19BrN2O4/c1-4-13(2)27-20-18(21)9-14(10-19(20)26-3)8-16(12-22)15-6-5-7-17(11-15)23(24)25/h5-11,13H,4H2,1-3H3/b16-8-/t13-/m0/s1. The lowest BCUT2D eigenvalue weighted by Gasteiger charge is -2.17. The van der Waals surface area contributed by atoms with E-state index >= 15 is 0 Å². The molecule has 0 aromatic heterocycles. The lowest BCUT2D eigenvalue weighted by atomic mass is 10.0. The molecule has 0 fully saturated rings. The Balaban J connectivity index is 2.47. The Bertz CT molecular complexity index is 919. The fraction of sp³-hybridized carbons (Fsp3) is 0.250. The number of non-ortho nitro benzene ring substituents is 1. The van der Waals surface area contributed by atoms with Crippen LogP contribution in [0.4, 0.5) is 5.69 Å². The third-order valence-corrected chi connectivity index (χ3v) is 4.53. The summed E-state index contributed by atoms with van der Waals surface area (Å²) in [7, 11) is 1.55. The lowest BCUT2D eigenvalue weighted by Crippen LogP contribution is -2.11. The van der Waals surface area contributed by atoms with Gasteiger partial charge in [-0.05, 0) is 58.6 Å². The molecule has 7 heteroatoms. The molecule has 0 aliphatic heterocycles. The molecule has 6 nitrogen and oxygen atoms in total. The second kappa shape index (κ2) is 9.19. The van der Waals surface area contributed by atoms with Crippen molar-refractivity contribution in [1.82, 2.24) is 0 Å². The Morgan fingerprint density at radius 1 is 1.41 bits per heavy atom. The van der Waals surface area contributed by atoms with Crippen LogP contribution in [0.15, 0.2) is 40.9 Å². The van der Waals surface area contributed by atoms with E-state index < -0.39 is 4.92 Å². The molecule has 0 unspecified atom stereocenters. The molecule has 2 aromatic carbocycles. The predicted molar refractivity (Wildman–Crippen MR) is 108 cm³/mol. The van der Waals surface area contributed by atoms with Crippen molar-refractivity contribution in [2.45, 2.75) is 26.4 Å². The fourth-order valence-electron chi connectivity index (χ4n) is 2.36. The highest BCUT2D eigenvalue weighted by molar-refractivity contribution is 9.10. The number of hydrogen-bond acceptors (Lipinski definition) is 5. The molecular weight excluding hydrogens is 412 g/mol. The number of nitro benzene ring substituents is 1. The number of ether oxygens (including phenoxy) is 2. The number of allylic oxidation sites excluding steroid dienone is 1. The molecule has 27 heavy (non-hydrogen) atoms. The zero-order valence-corrected chi connectivity index (χ0v) is 16.8. The predicted octanol–water partition coefficient (Wildman–Crippen LogP) is 5.61. The minimum Gasteiger partial charge on any atom is -0.493 e. The van der Waals surface area contributed by atoms with Gasteiger partial charge >= 0.3 is 0 Å². The molecule has 0 amide bonds. The van der Waals surface area contributed by atoms with Crippen molar-refractivity contribution in [2.24, 2.45) is 0 Å². The van der Waals surface area contributed by atoms with E-state index in [0.29, 0.717) is 32.7 Å². The van der Waals surface area contributed by atoms with Crippen LogP contribution in [-0.2, 0) is 0 Å². The van der Waals surface area contributed by atoms with Gasteiger partial charge in [0.15, 0.2) is 11.5 Å². The van der Waals surface area contributed by atoms with Crippen LogP contribution in [0, 0.1) is 21.4 Å². The summed E-state index contributed by atoms with van der Waals surface area (Å²) in [5.74, 6) is 1.13. The van der Waals surface area contributed by atoms with Gasteiger partial charge in [0.25, 0.3) is 5.69 Å². The van der Waals surface area contributed by atoms with Gasteiger partial charge in [0, 0.05) is 12.1 Å². The first-order valence-electron chi connectivity index (χ1n) is 8.30. The minimum absolute atomic E-state index is 0.0242. The summed E-state index contributed by atoms with van der Waals surface area (Å²) in [6, 6.07) is 11.7. The third kappa shape index (κ3) is 5.08. The number of nitriles is 1. The van der Waals surface area contributed by atoms with E-state index in [2.05, 4.69) is 22.0 Å². The third-order valence-electron chi connectivity index (χ3n) is 3.95. The summed E-state index contributed by atoms with van der Waals surface area (Å²) in [5, 5.41) is 20.5. The number of rotatable bonds is 7. The maximum absolute atomic E-state index is 11.0. The molecular formula is C20H19BrN2O4. The van der Waals surface area contributed by atoms with E-state index in [4.69, 9.17) is 9.47 Å². The molecule has 2 rings (SSSR count). The van der Waals surface area contributed by atoms with Crippen LogP contribution in [0.3, 0.4) is 0 Å². The van der Waals surface area contributed by atoms with Gasteiger partial charge in [-0.3, -0.25) is 10.1 Å². The van der Waals surface area contributed by atoms with Gasteiger partial charge < -0.3 is 9.47 Å². The summed E-state index contributed by atoms with van der Waals surface area (Å²) >= 11 is 3.49. The van der Waals surface area contributed by atoms with E-state index in [0.717, 1.165) is 6.42 Å². The summed E-state index contributed by atoms with van der Waals surface area (Å²) in [6.45, 7) is 4.00. The second-order valence-corrected chi connectivity index (χ2v) is 6.70. The molecule has 0 radical (unpaired) electrons. The molecule has 0 bridgehead atoms. The van der Waals surface area contributed by atoms with E-state index in [1.54, 1.807) is 31.4 Å². The quantitative estimate of drug-likeness (QED) is 0.246. The number of methoxy groups -OCH3 is 1. The average Bonchev–Trinajstić information content (AvgIpc) is 2.67. The molecule has 0 saturated carbocycles. The topological polar surface area (TPSA) is 85.4 Å². The molecule has 0 heterocycles. The normalized spacial score (nSPS) is 12.2. The van der Waals surface area contributed by atoms with Crippen molar-refractivity contribution in [3.8, 4) is 17.6 Å². The van der Waals surface area contributed by atoms with Gasteiger partial charge in [-0.15, -0.1) is 0 Å². The summed E-state index contributed by atoms with van der Waals surface area (Å²) in [6.07, 6.45) is 2.53. The maximum Gasteiger partial charge on any atom is 0.270 e. The number of hydrogen-bond donors (Lipinski definition) is 0. The largest absolute Gasteiger partial charge is 0.493 e. The maximum atomic E-state index is 11.0. The number of benzene rings is 2. The first-order valence-corrected chi connectivity index (χ1v) is 9.09. The van der Waals surface area contributed by atoms with Crippen LogP contribution in [0.25, 0.3) is 11.6 Å². The first-order chi connectivity index (χ1) is 12.9. The van der Waals surface area contributed by atoms with Gasteiger partial charge in [-0.25, -0.2) is 0 Å². The van der Waals surface area contributed by atoms with Crippen LogP contribution < -0.4 is 9.47 Å². The number of halogens is 1. The monoisotopic (exact) mass is 430 g/mol. The Morgan fingerprint density at radius 3 is 2.74 bits per heavy atom. The highest BCUT2D eigenvalue weighted by atomic mass is 79.9. The Hall–Kier alpha value is -2.85. The van der Waals surface area contributed by atoms with Gasteiger partial charge in [-0.2, -0.15) is 5.26 Å². The van der Waals surface area contributed by atoms with Crippen LogP contribution in [-0.4, -0.2) is 18.1 Å². The van der Waals surface area contributed by atoms with Gasteiger partial charge in [0.2, 0.25) is 0 Å². The van der Waals surface area contributed by atoms with Gasteiger partial charge in [-0.1, -0.05) is 19.1 Å². The number of nitro groups is 1. The molecule has 0 spiro atoms. The Morgan fingerprint density at radius 2 is 2.15 bits per heavy atom. The zero-order valence-electron chi connectivity index (χ0n) is 15.2. The number of nitrogens with zero attached hydrogens (tertiary/aromatic N) is 2. The van der Waals surface area contributed by atoms with Crippen molar-refractivity contribution in [3.63, 3.8) is 0 Å². The van der Waals surface area contributed by atoms with Crippen molar-refractivity contribution in [2.75, 3.05) is 7.11 Å². The van der Waals surface area contributed by atoms with Gasteiger partial charge in [0.05, 0.1) is 34.3 Å². The lowest BCUT2D eigenvalue weighted by molar-refractivity contribution is -0.384. The summed E-state index contributed by atoms with van der Waals surface area (Å²) in [5.41, 5.74) is 1.42. The van der Waals surface area contributed by atoms with E-state index in [-0.39, 0.29) is 11.8 Å². The van der Waals surface area contributed by atoms with E-state index in [1.807, 2.05) is 19.9 Å². The second-order valence-electron chi connectivity index (χ2n) is 5.85. The highest BCUT2D eigenvalue weighted by Crippen LogP contribution is 2.38. The molecule has 2 aromatic rings. The highest BCUT2D eigenvalue weighted by Gasteiger charge is 2.15. The Kier molecular flexibility index (Phi) is 6.97. The van der Waals surface area contributed by atoms with Crippen LogP contribution >= 0.6 is 15.9 Å². The summed E-state index contributed by atoms with van der Waals surface area (Å²) in [4.78, 5) is 10.5. The van der Waals surface area contributed by atoms with Crippen LogP contribution in [0.1, 0.15) is 31.4 Å². The van der Waals surface area contributed by atoms with Crippen molar-refractivity contribution in [1.29, 1.82) is 5.26 Å². The van der Waals surface area contributed by atoms with Crippen LogP contribution in [0.5, 0.6) is 11.5 Å². The zero-order chi connectivity index (χ0) is 20.0. The SMILES string of the molecule is CC[C@H](C)Oc1c(Br)cc(/C=C(/C#N)c2cccc([N+](=O)[O-])c2)cc1OC. The van der Waals surface area contributed by atoms with E-state index in [9.17, 15) is 15.4 Å². The summed E-state index contributed by atoms with van der Waals surface area (Å²) < 4.78 is 12.0. The fourth-order valence-corrected chi connectivity index (χ4v) is 2.91. The first kappa shape index (κ1) is 20.5. The van der Waals surface area contributed by atoms with Crippen LogP contribution in [0.2, 0.25) is 0 Å². The molecule has 0 aliphatic carbocycles. The average molecular weight is 431 g/mol. The van der Waals surface area contributed by atoms with Crippen molar-refractivity contribution >= 4 is 33.3 Å². The molecule has 140 valence electrons. The molecule has 1 atom stereocenters.